The van der Waals surface area contributed by atoms with Crippen LogP contribution in [0.25, 0.3) is 0 Å². The van der Waals surface area contributed by atoms with Crippen LogP contribution in [0.1, 0.15) is 34.9 Å². The van der Waals surface area contributed by atoms with Crippen LogP contribution in [-0.4, -0.2) is 13.1 Å². The van der Waals surface area contributed by atoms with Crippen molar-refractivity contribution in [3.8, 4) is 0 Å². The fraction of sp³-hybridized carbons (Fsp3) is 0.500. The van der Waals surface area contributed by atoms with E-state index < -0.39 is 0 Å². The van der Waals surface area contributed by atoms with Crippen molar-refractivity contribution in [2.75, 3.05) is 13.1 Å². The average molecular weight is 191 g/mol. The summed E-state index contributed by atoms with van der Waals surface area (Å²) in [5.41, 5.74) is 3.43. The molecule has 3 rings (SSSR count). The molecular weight excluding hydrogens is 177 g/mol. The maximum atomic E-state index is 13.4. The molecule has 1 heterocycles. The van der Waals surface area contributed by atoms with Crippen molar-refractivity contribution in [2.24, 2.45) is 0 Å². The van der Waals surface area contributed by atoms with E-state index in [1.54, 1.807) is 6.07 Å². The molecule has 0 amide bonds. The van der Waals surface area contributed by atoms with Crippen LogP contribution in [0.15, 0.2) is 12.1 Å². The SMILES string of the molecule is Cc1cc2c(cc1F)C1CNCC2C1. The fourth-order valence-electron chi connectivity index (χ4n) is 2.84. The fourth-order valence-corrected chi connectivity index (χ4v) is 2.84. The molecule has 1 saturated heterocycles. The lowest BCUT2D eigenvalue weighted by molar-refractivity contribution is 0.453. The summed E-state index contributed by atoms with van der Waals surface area (Å²) in [4.78, 5) is 0. The standard InChI is InChI=1S/C12H14FN/c1-7-2-10-8-3-9(6-14-5-8)11(10)4-12(7)13/h2,4,8-9,14H,3,5-6H2,1H3. The van der Waals surface area contributed by atoms with Gasteiger partial charge in [-0.15, -0.1) is 0 Å². The van der Waals surface area contributed by atoms with Gasteiger partial charge in [0, 0.05) is 13.1 Å². The zero-order valence-corrected chi connectivity index (χ0v) is 8.31. The first-order chi connectivity index (χ1) is 6.75. The molecule has 2 heteroatoms. The highest BCUT2D eigenvalue weighted by atomic mass is 19.1. The molecule has 74 valence electrons. The zero-order valence-electron chi connectivity index (χ0n) is 8.31. The molecule has 0 spiro atoms. The molecule has 0 aromatic heterocycles. The molecule has 2 bridgehead atoms. The summed E-state index contributed by atoms with van der Waals surface area (Å²) in [5.74, 6) is 1.14. The van der Waals surface area contributed by atoms with E-state index in [0.29, 0.717) is 11.8 Å². The van der Waals surface area contributed by atoms with Crippen LogP contribution in [-0.2, 0) is 0 Å². The molecule has 2 unspecified atom stereocenters. The lowest BCUT2D eigenvalue weighted by Crippen LogP contribution is -2.28. The summed E-state index contributed by atoms with van der Waals surface area (Å²) in [6.45, 7) is 3.94. The molecule has 1 aliphatic heterocycles. The normalized spacial score (nSPS) is 29.0. The second-order valence-corrected chi connectivity index (χ2v) is 4.52. The van der Waals surface area contributed by atoms with Gasteiger partial charge in [0.05, 0.1) is 0 Å². The van der Waals surface area contributed by atoms with E-state index >= 15 is 0 Å². The largest absolute Gasteiger partial charge is 0.316 e. The Balaban J connectivity index is 2.17. The number of hydrogen-bond donors (Lipinski definition) is 1. The molecule has 1 aromatic carbocycles. The van der Waals surface area contributed by atoms with Crippen LogP contribution in [0.4, 0.5) is 4.39 Å². The average Bonchev–Trinajstić information content (AvgIpc) is 2.42. The van der Waals surface area contributed by atoms with Crippen molar-refractivity contribution in [1.82, 2.24) is 5.32 Å². The van der Waals surface area contributed by atoms with Gasteiger partial charge in [0.1, 0.15) is 5.82 Å². The third-order valence-corrected chi connectivity index (χ3v) is 3.59. The van der Waals surface area contributed by atoms with Gasteiger partial charge in [-0.05, 0) is 47.9 Å². The Morgan fingerprint density at radius 3 is 2.57 bits per heavy atom. The Morgan fingerprint density at radius 2 is 1.86 bits per heavy atom. The van der Waals surface area contributed by atoms with Crippen molar-refractivity contribution in [3.05, 3.63) is 34.6 Å². The summed E-state index contributed by atoms with van der Waals surface area (Å²) < 4.78 is 13.4. The lowest BCUT2D eigenvalue weighted by Gasteiger charge is -2.19. The second-order valence-electron chi connectivity index (χ2n) is 4.52. The van der Waals surface area contributed by atoms with Crippen molar-refractivity contribution < 1.29 is 4.39 Å². The van der Waals surface area contributed by atoms with Crippen molar-refractivity contribution in [3.63, 3.8) is 0 Å². The predicted octanol–water partition coefficient (Wildman–Crippen LogP) is 2.31. The monoisotopic (exact) mass is 191 g/mol. The van der Waals surface area contributed by atoms with Crippen molar-refractivity contribution >= 4 is 0 Å². The second kappa shape index (κ2) is 2.80. The van der Waals surface area contributed by atoms with Crippen LogP contribution in [0.2, 0.25) is 0 Å². The molecule has 1 nitrogen and oxygen atoms in total. The minimum atomic E-state index is -0.0451. The molecule has 2 aliphatic rings. The number of fused-ring (bicyclic) bond motifs is 5. The molecule has 1 aromatic rings. The zero-order chi connectivity index (χ0) is 9.71. The number of hydrogen-bond acceptors (Lipinski definition) is 1. The van der Waals surface area contributed by atoms with Gasteiger partial charge in [-0.1, -0.05) is 6.07 Å². The molecule has 2 atom stereocenters. The van der Waals surface area contributed by atoms with Gasteiger partial charge in [0.2, 0.25) is 0 Å². The summed E-state index contributed by atoms with van der Waals surface area (Å²) in [5, 5.41) is 3.41. The molecule has 0 radical (unpaired) electrons. The Labute approximate surface area is 83.3 Å². The minimum Gasteiger partial charge on any atom is -0.316 e. The Hall–Kier alpha value is -0.890. The number of piperidine rings is 1. The first-order valence-corrected chi connectivity index (χ1v) is 5.26. The third kappa shape index (κ3) is 1.04. The minimum absolute atomic E-state index is 0.0451. The summed E-state index contributed by atoms with van der Waals surface area (Å²) in [7, 11) is 0. The van der Waals surface area contributed by atoms with E-state index in [4.69, 9.17) is 0 Å². The quantitative estimate of drug-likeness (QED) is 0.663. The molecular formula is C12H14FN. The van der Waals surface area contributed by atoms with E-state index in [1.807, 2.05) is 13.0 Å². The van der Waals surface area contributed by atoms with Crippen LogP contribution >= 0.6 is 0 Å². The topological polar surface area (TPSA) is 12.0 Å². The highest BCUT2D eigenvalue weighted by molar-refractivity contribution is 5.43. The van der Waals surface area contributed by atoms with Crippen LogP contribution in [0.5, 0.6) is 0 Å². The first-order valence-electron chi connectivity index (χ1n) is 5.26. The summed E-state index contributed by atoms with van der Waals surface area (Å²) >= 11 is 0. The van der Waals surface area contributed by atoms with Crippen molar-refractivity contribution in [1.29, 1.82) is 0 Å². The predicted molar refractivity (Wildman–Crippen MR) is 54.1 cm³/mol. The number of benzene rings is 1. The molecule has 1 fully saturated rings. The maximum Gasteiger partial charge on any atom is 0.126 e. The molecule has 1 N–H and O–H groups in total. The number of nitrogens with one attached hydrogen (secondary N) is 1. The first kappa shape index (κ1) is 8.42. The maximum absolute atomic E-state index is 13.4. The van der Waals surface area contributed by atoms with Gasteiger partial charge in [0.25, 0.3) is 0 Å². The van der Waals surface area contributed by atoms with Gasteiger partial charge in [-0.3, -0.25) is 0 Å². The van der Waals surface area contributed by atoms with Crippen LogP contribution in [0, 0.1) is 12.7 Å². The van der Waals surface area contributed by atoms with Gasteiger partial charge in [-0.25, -0.2) is 4.39 Å². The molecule has 0 saturated carbocycles. The Bertz CT molecular complexity index is 351. The lowest BCUT2D eigenvalue weighted by atomic mass is 9.98. The van der Waals surface area contributed by atoms with Gasteiger partial charge in [0.15, 0.2) is 0 Å². The molecule has 14 heavy (non-hydrogen) atoms. The van der Waals surface area contributed by atoms with E-state index in [9.17, 15) is 4.39 Å². The highest BCUT2D eigenvalue weighted by Crippen LogP contribution is 2.44. The van der Waals surface area contributed by atoms with Crippen LogP contribution < -0.4 is 5.32 Å². The van der Waals surface area contributed by atoms with Crippen molar-refractivity contribution in [2.45, 2.75) is 25.2 Å². The third-order valence-electron chi connectivity index (χ3n) is 3.59. The number of aryl methyl sites for hydroxylation is 1. The van der Waals surface area contributed by atoms with E-state index in [1.165, 1.54) is 17.5 Å². The van der Waals surface area contributed by atoms with E-state index in [0.717, 1.165) is 18.7 Å². The van der Waals surface area contributed by atoms with Gasteiger partial charge >= 0.3 is 0 Å². The Kier molecular flexibility index (Phi) is 1.68. The summed E-state index contributed by atoms with van der Waals surface area (Å²) in [6.07, 6.45) is 1.21. The van der Waals surface area contributed by atoms with Gasteiger partial charge in [-0.2, -0.15) is 0 Å². The van der Waals surface area contributed by atoms with Gasteiger partial charge < -0.3 is 5.32 Å². The highest BCUT2D eigenvalue weighted by Gasteiger charge is 2.34. The smallest absolute Gasteiger partial charge is 0.126 e. The van der Waals surface area contributed by atoms with E-state index in [2.05, 4.69) is 5.32 Å². The van der Waals surface area contributed by atoms with Crippen LogP contribution in [0.3, 0.4) is 0 Å². The number of halogens is 1. The number of rotatable bonds is 0. The molecule has 1 aliphatic carbocycles. The summed E-state index contributed by atoms with van der Waals surface area (Å²) in [6, 6.07) is 3.80. The Morgan fingerprint density at radius 1 is 1.21 bits per heavy atom. The van der Waals surface area contributed by atoms with E-state index in [-0.39, 0.29) is 5.82 Å².